The maximum Gasteiger partial charge on any atom is 0.228 e. The van der Waals surface area contributed by atoms with Gasteiger partial charge in [-0.3, -0.25) is 4.79 Å². The number of carbonyl (C=O) groups is 1. The molecule has 7 heteroatoms. The van der Waals surface area contributed by atoms with Crippen molar-refractivity contribution in [3.05, 3.63) is 74.7 Å². The third kappa shape index (κ3) is 6.02. The molecule has 0 saturated carbocycles. The first-order valence-electron chi connectivity index (χ1n) is 10.8. The average molecular weight is 471 g/mol. The minimum absolute atomic E-state index is 0.116. The smallest absolute Gasteiger partial charge is 0.228 e. The summed E-state index contributed by atoms with van der Waals surface area (Å²) in [5.41, 5.74) is 3.29. The standard InChI is InChI=1S/C25H27ClN2O3S/c1-17-3-6-23(13-18(17)2)31-22-9-11-28(12-10-22)25(29)14-20-16-32-24(27-20)15-30-21-7-4-19(26)5-8-21/h3-8,13,16,22H,9-12,14-15H2,1-2H3. The van der Waals surface area contributed by atoms with Crippen LogP contribution < -0.4 is 9.47 Å². The molecule has 0 N–H and O–H groups in total. The molecule has 5 nitrogen and oxygen atoms in total. The molecular formula is C25H27ClN2O3S. The molecule has 2 heterocycles. The van der Waals surface area contributed by atoms with Crippen LogP contribution in [0.3, 0.4) is 0 Å². The number of hydrogen-bond donors (Lipinski definition) is 0. The summed E-state index contributed by atoms with van der Waals surface area (Å²) in [4.78, 5) is 19.2. The monoisotopic (exact) mass is 470 g/mol. The third-order valence-electron chi connectivity index (χ3n) is 5.68. The van der Waals surface area contributed by atoms with Gasteiger partial charge in [0.2, 0.25) is 5.91 Å². The summed E-state index contributed by atoms with van der Waals surface area (Å²) >= 11 is 7.40. The van der Waals surface area contributed by atoms with Crippen LogP contribution in [-0.4, -0.2) is 35.0 Å². The first kappa shape index (κ1) is 22.6. The molecule has 0 atom stereocenters. The molecule has 32 heavy (non-hydrogen) atoms. The Morgan fingerprint density at radius 2 is 1.81 bits per heavy atom. The highest BCUT2D eigenvalue weighted by Crippen LogP contribution is 2.23. The Morgan fingerprint density at radius 3 is 2.53 bits per heavy atom. The van der Waals surface area contributed by atoms with Crippen LogP contribution in [0.15, 0.2) is 47.8 Å². The Hall–Kier alpha value is -2.57. The molecule has 0 spiro atoms. The predicted molar refractivity (Wildman–Crippen MR) is 128 cm³/mol. The molecule has 0 bridgehead atoms. The van der Waals surface area contributed by atoms with E-state index in [0.717, 1.165) is 35.0 Å². The molecule has 4 rings (SSSR count). The lowest BCUT2D eigenvalue weighted by molar-refractivity contribution is -0.132. The number of thiazole rings is 1. The number of rotatable bonds is 7. The largest absolute Gasteiger partial charge is 0.490 e. The molecule has 2 aromatic carbocycles. The number of amides is 1. The van der Waals surface area contributed by atoms with Crippen molar-refractivity contribution in [3.8, 4) is 11.5 Å². The molecule has 1 saturated heterocycles. The highest BCUT2D eigenvalue weighted by Gasteiger charge is 2.24. The van der Waals surface area contributed by atoms with Gasteiger partial charge in [-0.15, -0.1) is 11.3 Å². The van der Waals surface area contributed by atoms with E-state index < -0.39 is 0 Å². The lowest BCUT2D eigenvalue weighted by atomic mass is 10.1. The van der Waals surface area contributed by atoms with E-state index in [4.69, 9.17) is 21.1 Å². The number of ether oxygens (including phenoxy) is 2. The number of aryl methyl sites for hydroxylation is 2. The summed E-state index contributed by atoms with van der Waals surface area (Å²) in [6.45, 7) is 6.00. The van der Waals surface area contributed by atoms with Gasteiger partial charge in [0.1, 0.15) is 29.2 Å². The second-order valence-corrected chi connectivity index (χ2v) is 9.48. The number of halogens is 1. The minimum Gasteiger partial charge on any atom is -0.490 e. The fraction of sp³-hybridized carbons (Fsp3) is 0.360. The van der Waals surface area contributed by atoms with E-state index >= 15 is 0 Å². The van der Waals surface area contributed by atoms with Crippen LogP contribution in [0.1, 0.15) is 34.7 Å². The van der Waals surface area contributed by atoms with Crippen LogP contribution >= 0.6 is 22.9 Å². The predicted octanol–water partition coefficient (Wildman–Crippen LogP) is 5.60. The molecule has 0 radical (unpaired) electrons. The Labute approximate surface area is 198 Å². The summed E-state index contributed by atoms with van der Waals surface area (Å²) in [5, 5.41) is 3.46. The lowest BCUT2D eigenvalue weighted by Crippen LogP contribution is -2.42. The molecule has 1 aliphatic heterocycles. The van der Waals surface area contributed by atoms with E-state index in [0.29, 0.717) is 31.1 Å². The van der Waals surface area contributed by atoms with Crippen molar-refractivity contribution in [3.63, 3.8) is 0 Å². The summed E-state index contributed by atoms with van der Waals surface area (Å²) in [6, 6.07) is 13.4. The Kier molecular flexibility index (Phi) is 7.33. The Balaban J connectivity index is 1.22. The lowest BCUT2D eigenvalue weighted by Gasteiger charge is -2.32. The molecule has 3 aromatic rings. The summed E-state index contributed by atoms with van der Waals surface area (Å²) in [5.74, 6) is 1.77. The van der Waals surface area contributed by atoms with E-state index in [9.17, 15) is 4.79 Å². The fourth-order valence-electron chi connectivity index (χ4n) is 3.64. The molecule has 1 aromatic heterocycles. The van der Waals surface area contributed by atoms with Gasteiger partial charge in [-0.1, -0.05) is 17.7 Å². The minimum atomic E-state index is 0.116. The fourth-order valence-corrected chi connectivity index (χ4v) is 4.47. The molecule has 168 valence electrons. The van der Waals surface area contributed by atoms with E-state index in [-0.39, 0.29) is 12.0 Å². The second-order valence-electron chi connectivity index (χ2n) is 8.10. The van der Waals surface area contributed by atoms with Crippen LogP contribution in [-0.2, 0) is 17.8 Å². The van der Waals surface area contributed by atoms with Crippen molar-refractivity contribution < 1.29 is 14.3 Å². The quantitative estimate of drug-likeness (QED) is 0.450. The van der Waals surface area contributed by atoms with Gasteiger partial charge >= 0.3 is 0 Å². The van der Waals surface area contributed by atoms with Gasteiger partial charge in [0.25, 0.3) is 0 Å². The second kappa shape index (κ2) is 10.4. The van der Waals surface area contributed by atoms with Gasteiger partial charge < -0.3 is 14.4 Å². The van der Waals surface area contributed by atoms with E-state index in [1.807, 2.05) is 28.5 Å². The van der Waals surface area contributed by atoms with Crippen molar-refractivity contribution in [2.45, 2.75) is 45.8 Å². The van der Waals surface area contributed by atoms with E-state index in [1.54, 1.807) is 12.1 Å². The maximum atomic E-state index is 12.7. The first-order chi connectivity index (χ1) is 15.5. The molecule has 0 aliphatic carbocycles. The van der Waals surface area contributed by atoms with Gasteiger partial charge in [-0.2, -0.15) is 0 Å². The van der Waals surface area contributed by atoms with Crippen LogP contribution in [0.4, 0.5) is 0 Å². The Morgan fingerprint density at radius 1 is 1.09 bits per heavy atom. The number of hydrogen-bond acceptors (Lipinski definition) is 5. The van der Waals surface area contributed by atoms with Gasteiger partial charge in [0.05, 0.1) is 12.1 Å². The zero-order valence-electron chi connectivity index (χ0n) is 18.3. The summed E-state index contributed by atoms with van der Waals surface area (Å²) in [7, 11) is 0. The van der Waals surface area contributed by atoms with Gasteiger partial charge in [-0.05, 0) is 61.4 Å². The van der Waals surface area contributed by atoms with Gasteiger partial charge in [-0.25, -0.2) is 4.98 Å². The van der Waals surface area contributed by atoms with Crippen LogP contribution in [0.5, 0.6) is 11.5 Å². The number of carbonyl (C=O) groups excluding carboxylic acids is 1. The number of benzene rings is 2. The van der Waals surface area contributed by atoms with Crippen molar-refractivity contribution in [2.24, 2.45) is 0 Å². The highest BCUT2D eigenvalue weighted by atomic mass is 35.5. The molecule has 1 fully saturated rings. The van der Waals surface area contributed by atoms with Gasteiger partial charge in [0, 0.05) is 36.3 Å². The first-order valence-corrected chi connectivity index (χ1v) is 12.1. The number of piperidine rings is 1. The molecule has 1 aliphatic rings. The van der Waals surface area contributed by atoms with Crippen molar-refractivity contribution in [1.29, 1.82) is 0 Å². The topological polar surface area (TPSA) is 51.7 Å². The van der Waals surface area contributed by atoms with Crippen molar-refractivity contribution in [2.75, 3.05) is 13.1 Å². The number of nitrogens with zero attached hydrogens (tertiary/aromatic N) is 2. The van der Waals surface area contributed by atoms with Crippen molar-refractivity contribution in [1.82, 2.24) is 9.88 Å². The van der Waals surface area contributed by atoms with Crippen LogP contribution in [0.25, 0.3) is 0 Å². The zero-order valence-corrected chi connectivity index (χ0v) is 19.9. The molecule has 1 amide bonds. The third-order valence-corrected chi connectivity index (χ3v) is 6.81. The number of likely N-dealkylation sites (tertiary alicyclic amines) is 1. The van der Waals surface area contributed by atoms with Crippen LogP contribution in [0, 0.1) is 13.8 Å². The average Bonchev–Trinajstić information content (AvgIpc) is 3.23. The highest BCUT2D eigenvalue weighted by molar-refractivity contribution is 7.09. The maximum absolute atomic E-state index is 12.7. The normalized spacial score (nSPS) is 14.4. The van der Waals surface area contributed by atoms with E-state index in [2.05, 4.69) is 31.0 Å². The van der Waals surface area contributed by atoms with E-state index in [1.165, 1.54) is 22.5 Å². The molecular weight excluding hydrogens is 444 g/mol. The Bertz CT molecular complexity index is 1060. The summed E-state index contributed by atoms with van der Waals surface area (Å²) < 4.78 is 11.9. The zero-order chi connectivity index (χ0) is 22.5. The van der Waals surface area contributed by atoms with Gasteiger partial charge in [0.15, 0.2) is 0 Å². The number of aromatic nitrogens is 1. The SMILES string of the molecule is Cc1ccc(OC2CCN(C(=O)Cc3csc(COc4ccc(Cl)cc4)n3)CC2)cc1C. The summed E-state index contributed by atoms with van der Waals surface area (Å²) in [6.07, 6.45) is 2.16. The molecule has 0 unspecified atom stereocenters. The van der Waals surface area contributed by atoms with Crippen LogP contribution in [0.2, 0.25) is 5.02 Å². The van der Waals surface area contributed by atoms with Crippen molar-refractivity contribution >= 4 is 28.8 Å².